The minimum absolute atomic E-state index is 0.256. The number of methoxy groups -OCH3 is 4. The number of nitrogens with one attached hydrogen (secondary N) is 1. The van der Waals surface area contributed by atoms with E-state index in [2.05, 4.69) is 5.32 Å². The largest absolute Gasteiger partial charge is 0.493 e. The zero-order chi connectivity index (χ0) is 24.7. The molecule has 0 saturated carbocycles. The second kappa shape index (κ2) is 11.9. The third-order valence-corrected chi connectivity index (χ3v) is 6.75. The predicted molar refractivity (Wildman–Crippen MR) is 127 cm³/mol. The van der Waals surface area contributed by atoms with Crippen molar-refractivity contribution in [2.45, 2.75) is 17.8 Å². The zero-order valence-electron chi connectivity index (χ0n) is 19.6. The highest BCUT2D eigenvalue weighted by molar-refractivity contribution is 7.99. The third kappa shape index (κ3) is 5.56. The Labute approximate surface area is 202 Å². The molecule has 8 nitrogen and oxygen atoms in total. The van der Waals surface area contributed by atoms with Crippen LogP contribution >= 0.6 is 11.8 Å². The van der Waals surface area contributed by atoms with E-state index in [1.807, 2.05) is 0 Å². The Morgan fingerprint density at radius 2 is 1.71 bits per heavy atom. The fourth-order valence-corrected chi connectivity index (χ4v) is 5.17. The van der Waals surface area contributed by atoms with E-state index in [0.717, 1.165) is 5.56 Å². The minimum atomic E-state index is -0.714. The molecule has 1 N–H and O–H groups in total. The summed E-state index contributed by atoms with van der Waals surface area (Å²) in [5, 5.41) is 2.41. The second-order valence-electron chi connectivity index (χ2n) is 7.52. The van der Waals surface area contributed by atoms with Crippen LogP contribution < -0.4 is 19.5 Å². The van der Waals surface area contributed by atoms with E-state index < -0.39 is 11.4 Å². The zero-order valence-corrected chi connectivity index (χ0v) is 20.4. The number of thioether (sulfide) groups is 1. The first kappa shape index (κ1) is 25.6. The summed E-state index contributed by atoms with van der Waals surface area (Å²) in [5.74, 6) is 0.409. The molecule has 2 aromatic rings. The molecule has 0 bridgehead atoms. The summed E-state index contributed by atoms with van der Waals surface area (Å²) in [6.45, 7) is 0.952. The second-order valence-corrected chi connectivity index (χ2v) is 8.63. The first-order chi connectivity index (χ1) is 16.4. The van der Waals surface area contributed by atoms with Gasteiger partial charge in [-0.1, -0.05) is 12.1 Å². The molecule has 1 heterocycles. The Kier molecular flexibility index (Phi) is 9.00. The number of rotatable bonds is 10. The molecule has 2 aromatic carbocycles. The maximum Gasteiger partial charge on any atom is 0.256 e. The van der Waals surface area contributed by atoms with Crippen molar-refractivity contribution in [2.75, 3.05) is 47.3 Å². The fourth-order valence-electron chi connectivity index (χ4n) is 3.74. The molecule has 2 amide bonds. The van der Waals surface area contributed by atoms with Crippen molar-refractivity contribution in [2.24, 2.45) is 0 Å². The van der Waals surface area contributed by atoms with Gasteiger partial charge in [-0.05, 0) is 36.2 Å². The molecular weight excluding hydrogens is 463 g/mol. The van der Waals surface area contributed by atoms with Crippen molar-refractivity contribution in [1.29, 1.82) is 0 Å². The van der Waals surface area contributed by atoms with Crippen LogP contribution in [0.15, 0.2) is 36.4 Å². The van der Waals surface area contributed by atoms with Crippen LogP contribution in [0.3, 0.4) is 0 Å². The van der Waals surface area contributed by atoms with Crippen LogP contribution in [0.2, 0.25) is 0 Å². The summed E-state index contributed by atoms with van der Waals surface area (Å²) < 4.78 is 34.7. The summed E-state index contributed by atoms with van der Waals surface area (Å²) in [6, 6.07) is 8.34. The number of hydrogen-bond donors (Lipinski definition) is 1. The van der Waals surface area contributed by atoms with Crippen molar-refractivity contribution in [3.8, 4) is 17.2 Å². The first-order valence-electron chi connectivity index (χ1n) is 10.7. The van der Waals surface area contributed by atoms with E-state index in [1.165, 1.54) is 50.1 Å². The van der Waals surface area contributed by atoms with Gasteiger partial charge in [-0.25, -0.2) is 4.39 Å². The van der Waals surface area contributed by atoms with Crippen molar-refractivity contribution in [1.82, 2.24) is 10.2 Å². The normalized spacial score (nSPS) is 17.4. The summed E-state index contributed by atoms with van der Waals surface area (Å²) in [5.41, 5.74) is 1.00. The third-order valence-electron chi connectivity index (χ3n) is 5.43. The molecule has 1 aliphatic rings. The van der Waals surface area contributed by atoms with Gasteiger partial charge >= 0.3 is 0 Å². The highest BCUT2D eigenvalue weighted by Gasteiger charge is 2.43. The summed E-state index contributed by atoms with van der Waals surface area (Å²) in [4.78, 5) is 28.4. The molecule has 3 rings (SSSR count). The molecule has 0 aliphatic carbocycles. The monoisotopic (exact) mass is 492 g/mol. The molecule has 1 fully saturated rings. The molecule has 184 valence electrons. The summed E-state index contributed by atoms with van der Waals surface area (Å²) in [7, 11) is 6.01. The van der Waals surface area contributed by atoms with Crippen LogP contribution in [0.1, 0.15) is 27.7 Å². The molecule has 1 aliphatic heterocycles. The van der Waals surface area contributed by atoms with E-state index in [-0.39, 0.29) is 23.2 Å². The van der Waals surface area contributed by atoms with Gasteiger partial charge in [-0.3, -0.25) is 9.59 Å². The van der Waals surface area contributed by atoms with Crippen molar-refractivity contribution >= 4 is 23.6 Å². The van der Waals surface area contributed by atoms with Crippen molar-refractivity contribution in [3.05, 3.63) is 53.3 Å². The number of nitrogens with zero attached hydrogens (tertiary/aromatic N) is 1. The van der Waals surface area contributed by atoms with Crippen LogP contribution in [0.5, 0.6) is 17.2 Å². The molecule has 10 heteroatoms. The van der Waals surface area contributed by atoms with Gasteiger partial charge in [0.15, 0.2) is 11.5 Å². The van der Waals surface area contributed by atoms with Gasteiger partial charge in [0.2, 0.25) is 11.7 Å². The van der Waals surface area contributed by atoms with Crippen LogP contribution in [-0.4, -0.2) is 70.1 Å². The number of benzene rings is 2. The topological polar surface area (TPSA) is 86.3 Å². The number of hydrogen-bond acceptors (Lipinski definition) is 7. The van der Waals surface area contributed by atoms with Gasteiger partial charge in [-0.2, -0.15) is 0 Å². The average molecular weight is 493 g/mol. The number of amides is 2. The molecule has 0 radical (unpaired) electrons. The Morgan fingerprint density at radius 3 is 2.26 bits per heavy atom. The molecule has 2 atom stereocenters. The lowest BCUT2D eigenvalue weighted by Gasteiger charge is -2.29. The smallest absolute Gasteiger partial charge is 0.256 e. The van der Waals surface area contributed by atoms with Gasteiger partial charge < -0.3 is 29.2 Å². The first-order valence-corrected chi connectivity index (χ1v) is 11.8. The fraction of sp³-hybridized carbons (Fsp3) is 0.417. The van der Waals surface area contributed by atoms with Gasteiger partial charge in [-0.15, -0.1) is 11.8 Å². The lowest BCUT2D eigenvalue weighted by molar-refractivity contribution is -0.124. The number of carbonyl (C=O) groups excluding carboxylic acids is 2. The van der Waals surface area contributed by atoms with Crippen LogP contribution in [0.25, 0.3) is 0 Å². The lowest BCUT2D eigenvalue weighted by atomic mass is 10.1. The summed E-state index contributed by atoms with van der Waals surface area (Å²) in [6.07, 6.45) is 0.657. The average Bonchev–Trinajstić information content (AvgIpc) is 3.30. The predicted octanol–water partition coefficient (Wildman–Crippen LogP) is 3.26. The molecule has 34 heavy (non-hydrogen) atoms. The number of ether oxygens (including phenoxy) is 4. The van der Waals surface area contributed by atoms with Crippen molar-refractivity contribution in [3.63, 3.8) is 0 Å². The minimum Gasteiger partial charge on any atom is -0.493 e. The van der Waals surface area contributed by atoms with E-state index in [4.69, 9.17) is 18.9 Å². The molecule has 2 unspecified atom stereocenters. The summed E-state index contributed by atoms with van der Waals surface area (Å²) >= 11 is 1.45. The van der Waals surface area contributed by atoms with Crippen LogP contribution in [-0.2, 0) is 9.53 Å². The standard InChI is InChI=1S/C24H29FN2O6S/c1-30-11-5-10-26-22(28)18-14-34-24(15-6-8-17(25)9-7-15)27(18)23(29)16-12-19(31-2)21(33-4)20(13-16)32-3/h6-9,12-13,18,24H,5,10-11,14H2,1-4H3,(H,26,28). The van der Waals surface area contributed by atoms with Crippen molar-refractivity contribution < 1.29 is 32.9 Å². The lowest BCUT2D eigenvalue weighted by Crippen LogP contribution is -2.48. The van der Waals surface area contributed by atoms with Crippen LogP contribution in [0.4, 0.5) is 4.39 Å². The number of halogens is 1. The van der Waals surface area contributed by atoms with Gasteiger partial charge in [0.25, 0.3) is 5.91 Å². The Hall–Kier alpha value is -2.98. The van der Waals surface area contributed by atoms with E-state index in [9.17, 15) is 14.0 Å². The highest BCUT2D eigenvalue weighted by atomic mass is 32.2. The molecular formula is C24H29FN2O6S. The molecule has 0 spiro atoms. The van der Waals surface area contributed by atoms with E-state index >= 15 is 0 Å². The highest BCUT2D eigenvalue weighted by Crippen LogP contribution is 2.44. The Bertz CT molecular complexity index is 978. The Balaban J connectivity index is 1.97. The Morgan fingerprint density at radius 1 is 1.06 bits per heavy atom. The SMILES string of the molecule is COCCCNC(=O)C1CSC(c2ccc(F)cc2)N1C(=O)c1cc(OC)c(OC)c(OC)c1. The van der Waals surface area contributed by atoms with Gasteiger partial charge in [0.1, 0.15) is 17.2 Å². The molecule has 1 saturated heterocycles. The van der Waals surface area contributed by atoms with E-state index in [1.54, 1.807) is 31.4 Å². The van der Waals surface area contributed by atoms with E-state index in [0.29, 0.717) is 42.6 Å². The van der Waals surface area contributed by atoms with Gasteiger partial charge in [0.05, 0.1) is 21.3 Å². The number of carbonyl (C=O) groups is 2. The quantitative estimate of drug-likeness (QED) is 0.510. The maximum atomic E-state index is 13.8. The molecule has 0 aromatic heterocycles. The van der Waals surface area contributed by atoms with Gasteiger partial charge in [0, 0.05) is 31.6 Å². The maximum absolute atomic E-state index is 13.8. The van der Waals surface area contributed by atoms with Crippen LogP contribution in [0, 0.1) is 5.82 Å².